The average Bonchev–Trinajstić information content (AvgIpc) is 2.26. The fourth-order valence-electron chi connectivity index (χ4n) is 1.36. The maximum absolute atomic E-state index is 10.5. The third-order valence-corrected chi connectivity index (χ3v) is 2.30. The summed E-state index contributed by atoms with van der Waals surface area (Å²) in [7, 11) is 0. The maximum atomic E-state index is 10.5. The molecule has 1 heterocycles. The van der Waals surface area contributed by atoms with Gasteiger partial charge in [0.05, 0.1) is 6.10 Å². The lowest BCUT2D eigenvalue weighted by molar-refractivity contribution is 0.0128. The van der Waals surface area contributed by atoms with Crippen LogP contribution in [0, 0.1) is 0 Å². The number of primary amides is 1. The van der Waals surface area contributed by atoms with Crippen LogP contribution in [-0.4, -0.2) is 28.4 Å². The number of carbonyl (C=O) groups excluding carboxylic acids is 1. The number of hydrogen-bond donors (Lipinski definition) is 2. The Balaban J connectivity index is 2.35. The van der Waals surface area contributed by atoms with E-state index in [1.165, 1.54) is 0 Å². The minimum Gasteiger partial charge on any atom is -0.444 e. The smallest absolute Gasteiger partial charge is 0.404 e. The summed E-state index contributed by atoms with van der Waals surface area (Å²) in [6.45, 7) is 1.61. The summed E-state index contributed by atoms with van der Waals surface area (Å²) < 4.78 is 4.67. The van der Waals surface area contributed by atoms with Crippen LogP contribution in [0.3, 0.4) is 0 Å². The van der Waals surface area contributed by atoms with Crippen molar-refractivity contribution in [2.45, 2.75) is 32.0 Å². The number of nitrogens with zero attached hydrogens (tertiary/aromatic N) is 1. The predicted molar refractivity (Wildman–Crippen MR) is 58.7 cm³/mol. The first-order valence-corrected chi connectivity index (χ1v) is 5.12. The number of hydrogen-bond acceptors (Lipinski definition) is 4. The normalized spacial score (nSPS) is 14.1. The van der Waals surface area contributed by atoms with Crippen molar-refractivity contribution in [2.24, 2.45) is 5.73 Å². The van der Waals surface area contributed by atoms with Crippen molar-refractivity contribution >= 4 is 6.09 Å². The Kier molecular flexibility index (Phi) is 4.72. The number of aliphatic hydroxyl groups excluding tert-OH is 1. The van der Waals surface area contributed by atoms with Gasteiger partial charge < -0.3 is 15.6 Å². The molecule has 2 unspecified atom stereocenters. The molecule has 0 aliphatic heterocycles. The molecule has 1 rings (SSSR count). The summed E-state index contributed by atoms with van der Waals surface area (Å²) in [5, 5.41) is 9.67. The molecule has 1 aromatic rings. The van der Waals surface area contributed by atoms with Crippen molar-refractivity contribution in [3.8, 4) is 0 Å². The minimum absolute atomic E-state index is 0.500. The number of nitrogens with two attached hydrogens (primary N) is 1. The van der Waals surface area contributed by atoms with Gasteiger partial charge in [0.25, 0.3) is 0 Å². The van der Waals surface area contributed by atoms with Crippen LogP contribution < -0.4 is 5.73 Å². The molecule has 2 atom stereocenters. The predicted octanol–water partition coefficient (Wildman–Crippen LogP) is 0.859. The standard InChI is InChI=1S/C11H16N2O3/c1-8(16-11(12)15)10(14)5-4-9-3-2-6-13-7-9/h2-3,6-8,10,14H,4-5H2,1H3,(H2,12,15). The van der Waals surface area contributed by atoms with Crippen molar-refractivity contribution < 1.29 is 14.6 Å². The first kappa shape index (κ1) is 12.4. The Bertz CT molecular complexity index is 329. The molecule has 0 saturated carbocycles. The molecule has 1 aromatic heterocycles. The van der Waals surface area contributed by atoms with Crippen molar-refractivity contribution in [2.75, 3.05) is 0 Å². The molecule has 0 fully saturated rings. The van der Waals surface area contributed by atoms with E-state index in [1.54, 1.807) is 19.3 Å². The van der Waals surface area contributed by atoms with Gasteiger partial charge >= 0.3 is 6.09 Å². The third kappa shape index (κ3) is 4.27. The Morgan fingerprint density at radius 3 is 3.00 bits per heavy atom. The van der Waals surface area contributed by atoms with E-state index in [-0.39, 0.29) is 0 Å². The molecule has 0 aromatic carbocycles. The van der Waals surface area contributed by atoms with E-state index >= 15 is 0 Å². The molecule has 0 bridgehead atoms. The Hall–Kier alpha value is -1.62. The molecule has 5 nitrogen and oxygen atoms in total. The fraction of sp³-hybridized carbons (Fsp3) is 0.455. The number of rotatable bonds is 5. The van der Waals surface area contributed by atoms with Crippen LogP contribution in [0.15, 0.2) is 24.5 Å². The van der Waals surface area contributed by atoms with E-state index < -0.39 is 18.3 Å². The van der Waals surface area contributed by atoms with Gasteiger partial charge in [-0.2, -0.15) is 0 Å². The van der Waals surface area contributed by atoms with Crippen LogP contribution in [0.1, 0.15) is 18.9 Å². The molecule has 0 aliphatic carbocycles. The van der Waals surface area contributed by atoms with Crippen LogP contribution in [0.5, 0.6) is 0 Å². The second-order valence-corrected chi connectivity index (χ2v) is 3.61. The molecule has 88 valence electrons. The molecule has 16 heavy (non-hydrogen) atoms. The highest BCUT2D eigenvalue weighted by atomic mass is 16.6. The Morgan fingerprint density at radius 2 is 2.44 bits per heavy atom. The average molecular weight is 224 g/mol. The number of pyridine rings is 1. The zero-order valence-corrected chi connectivity index (χ0v) is 9.17. The highest BCUT2D eigenvalue weighted by Crippen LogP contribution is 2.08. The molecular weight excluding hydrogens is 208 g/mol. The zero-order chi connectivity index (χ0) is 12.0. The molecule has 3 N–H and O–H groups in total. The number of aromatic nitrogens is 1. The summed E-state index contributed by atoms with van der Waals surface area (Å²) in [6, 6.07) is 3.77. The monoisotopic (exact) mass is 224 g/mol. The lowest BCUT2D eigenvalue weighted by Gasteiger charge is -2.17. The second-order valence-electron chi connectivity index (χ2n) is 3.61. The molecule has 0 spiro atoms. The molecule has 0 aliphatic rings. The highest BCUT2D eigenvalue weighted by Gasteiger charge is 2.16. The first-order chi connectivity index (χ1) is 7.59. The van der Waals surface area contributed by atoms with Gasteiger partial charge in [-0.05, 0) is 31.4 Å². The maximum Gasteiger partial charge on any atom is 0.404 e. The van der Waals surface area contributed by atoms with Gasteiger partial charge in [0.2, 0.25) is 0 Å². The van der Waals surface area contributed by atoms with Crippen molar-refractivity contribution in [1.82, 2.24) is 4.98 Å². The van der Waals surface area contributed by atoms with Crippen molar-refractivity contribution in [1.29, 1.82) is 0 Å². The topological polar surface area (TPSA) is 85.4 Å². The van der Waals surface area contributed by atoms with Crippen LogP contribution >= 0.6 is 0 Å². The summed E-state index contributed by atoms with van der Waals surface area (Å²) in [5.41, 5.74) is 5.89. The fourth-order valence-corrected chi connectivity index (χ4v) is 1.36. The van der Waals surface area contributed by atoms with E-state index in [0.717, 1.165) is 5.56 Å². The van der Waals surface area contributed by atoms with E-state index in [4.69, 9.17) is 5.73 Å². The van der Waals surface area contributed by atoms with Gasteiger partial charge in [0, 0.05) is 12.4 Å². The summed E-state index contributed by atoms with van der Waals surface area (Å²) >= 11 is 0. The number of carbonyl (C=O) groups is 1. The molecular formula is C11H16N2O3. The zero-order valence-electron chi connectivity index (χ0n) is 9.17. The lowest BCUT2D eigenvalue weighted by atomic mass is 10.1. The lowest BCUT2D eigenvalue weighted by Crippen LogP contribution is -2.31. The van der Waals surface area contributed by atoms with Gasteiger partial charge in [-0.3, -0.25) is 4.98 Å². The van der Waals surface area contributed by atoms with Crippen LogP contribution in [-0.2, 0) is 11.2 Å². The first-order valence-electron chi connectivity index (χ1n) is 5.12. The molecule has 0 radical (unpaired) electrons. The Labute approximate surface area is 94.2 Å². The Morgan fingerprint density at radius 1 is 1.69 bits per heavy atom. The minimum atomic E-state index is -0.868. The van der Waals surface area contributed by atoms with E-state index in [2.05, 4.69) is 9.72 Å². The van der Waals surface area contributed by atoms with E-state index in [9.17, 15) is 9.90 Å². The molecule has 0 saturated heterocycles. The number of aliphatic hydroxyl groups is 1. The van der Waals surface area contributed by atoms with Crippen molar-refractivity contribution in [3.63, 3.8) is 0 Å². The summed E-state index contributed by atoms with van der Waals surface area (Å²) in [5.74, 6) is 0. The van der Waals surface area contributed by atoms with Gasteiger partial charge in [-0.1, -0.05) is 6.07 Å². The molecule has 1 amide bonds. The quantitative estimate of drug-likeness (QED) is 0.776. The number of amides is 1. The third-order valence-electron chi connectivity index (χ3n) is 2.30. The van der Waals surface area contributed by atoms with Gasteiger partial charge in [-0.15, -0.1) is 0 Å². The van der Waals surface area contributed by atoms with Gasteiger partial charge in [0.15, 0.2) is 0 Å². The summed E-state index contributed by atoms with van der Waals surface area (Å²) in [6.07, 6.45) is 2.45. The van der Waals surface area contributed by atoms with E-state index in [1.807, 2.05) is 12.1 Å². The molecule has 5 heteroatoms. The van der Waals surface area contributed by atoms with Gasteiger partial charge in [-0.25, -0.2) is 4.79 Å². The van der Waals surface area contributed by atoms with Crippen LogP contribution in [0.2, 0.25) is 0 Å². The van der Waals surface area contributed by atoms with Crippen LogP contribution in [0.4, 0.5) is 4.79 Å². The second kappa shape index (κ2) is 6.07. The highest BCUT2D eigenvalue weighted by molar-refractivity contribution is 5.64. The number of ether oxygens (including phenoxy) is 1. The summed E-state index contributed by atoms with van der Waals surface area (Å²) in [4.78, 5) is 14.4. The SMILES string of the molecule is CC(OC(N)=O)C(O)CCc1cccnc1. The number of aryl methyl sites for hydroxylation is 1. The van der Waals surface area contributed by atoms with E-state index in [0.29, 0.717) is 12.8 Å². The van der Waals surface area contributed by atoms with Crippen molar-refractivity contribution in [3.05, 3.63) is 30.1 Å². The van der Waals surface area contributed by atoms with Crippen LogP contribution in [0.25, 0.3) is 0 Å². The largest absolute Gasteiger partial charge is 0.444 e. The van der Waals surface area contributed by atoms with Gasteiger partial charge in [0.1, 0.15) is 6.10 Å².